The van der Waals surface area contributed by atoms with Crippen molar-refractivity contribution in [2.24, 2.45) is 11.0 Å². The summed E-state index contributed by atoms with van der Waals surface area (Å²) in [4.78, 5) is 0. The molecule has 2 aliphatic rings. The second-order valence-electron chi connectivity index (χ2n) is 5.29. The zero-order chi connectivity index (χ0) is 14.2. The molecule has 2 unspecified atom stereocenters. The highest BCUT2D eigenvalue weighted by atomic mass is 16.5. The molecule has 0 amide bonds. The van der Waals surface area contributed by atoms with E-state index in [2.05, 4.69) is 28.7 Å². The topological polar surface area (TPSA) is 42.8 Å². The fraction of sp³-hybridized carbons (Fsp3) is 0.235. The predicted molar refractivity (Wildman–Crippen MR) is 80.8 cm³/mol. The van der Waals surface area contributed by atoms with Crippen molar-refractivity contribution in [3.63, 3.8) is 0 Å². The molecule has 2 heterocycles. The molecule has 2 aliphatic heterocycles. The molecule has 0 fully saturated rings. The SMILES string of the molecule is COc1ccc(C2NN=C3c4ccccc4OCC32)cc1. The van der Waals surface area contributed by atoms with Crippen LogP contribution >= 0.6 is 0 Å². The number of rotatable bonds is 2. The van der Waals surface area contributed by atoms with Crippen molar-refractivity contribution in [1.29, 1.82) is 0 Å². The molecule has 4 rings (SSSR count). The molecule has 0 aliphatic carbocycles. The number of para-hydroxylation sites is 1. The van der Waals surface area contributed by atoms with Gasteiger partial charge >= 0.3 is 0 Å². The van der Waals surface area contributed by atoms with Crippen molar-refractivity contribution in [2.75, 3.05) is 13.7 Å². The van der Waals surface area contributed by atoms with Gasteiger partial charge in [0, 0.05) is 5.56 Å². The zero-order valence-corrected chi connectivity index (χ0v) is 11.7. The highest BCUT2D eigenvalue weighted by Gasteiger charge is 2.38. The van der Waals surface area contributed by atoms with E-state index in [1.807, 2.05) is 30.3 Å². The number of hydrogen-bond donors (Lipinski definition) is 1. The highest BCUT2D eigenvalue weighted by Crippen LogP contribution is 2.37. The maximum Gasteiger partial charge on any atom is 0.128 e. The average molecular weight is 280 g/mol. The summed E-state index contributed by atoms with van der Waals surface area (Å²) in [5.74, 6) is 2.03. The molecule has 2 aromatic rings. The van der Waals surface area contributed by atoms with Gasteiger partial charge in [-0.15, -0.1) is 0 Å². The molecular formula is C17H16N2O2. The molecule has 2 aromatic carbocycles. The van der Waals surface area contributed by atoms with Crippen LogP contribution in [0.2, 0.25) is 0 Å². The Labute approximate surface area is 123 Å². The number of hydrogen-bond acceptors (Lipinski definition) is 4. The monoisotopic (exact) mass is 280 g/mol. The van der Waals surface area contributed by atoms with Gasteiger partial charge in [-0.05, 0) is 29.8 Å². The molecule has 0 aromatic heterocycles. The summed E-state index contributed by atoms with van der Waals surface area (Å²) < 4.78 is 11.1. The highest BCUT2D eigenvalue weighted by molar-refractivity contribution is 6.06. The Kier molecular flexibility index (Phi) is 2.81. The molecule has 0 saturated heterocycles. The fourth-order valence-electron chi connectivity index (χ4n) is 3.01. The van der Waals surface area contributed by atoms with Crippen molar-refractivity contribution >= 4 is 5.71 Å². The van der Waals surface area contributed by atoms with E-state index in [-0.39, 0.29) is 12.0 Å². The average Bonchev–Trinajstić information content (AvgIpc) is 2.99. The van der Waals surface area contributed by atoms with Gasteiger partial charge in [-0.25, -0.2) is 0 Å². The van der Waals surface area contributed by atoms with Gasteiger partial charge in [0.1, 0.15) is 11.5 Å². The Morgan fingerprint density at radius 2 is 1.95 bits per heavy atom. The zero-order valence-electron chi connectivity index (χ0n) is 11.7. The summed E-state index contributed by atoms with van der Waals surface area (Å²) in [5, 5.41) is 4.55. The first-order valence-electron chi connectivity index (χ1n) is 7.06. The van der Waals surface area contributed by atoms with Crippen molar-refractivity contribution in [2.45, 2.75) is 6.04 Å². The molecule has 4 nitrogen and oxygen atoms in total. The standard InChI is InChI=1S/C17H16N2O2/c1-20-12-8-6-11(7-9-12)16-14-10-21-15-5-3-2-4-13(15)17(14)19-18-16/h2-9,14,16,18H,10H2,1H3. The maximum atomic E-state index is 5.89. The lowest BCUT2D eigenvalue weighted by Gasteiger charge is -2.26. The minimum atomic E-state index is 0.152. The maximum absolute atomic E-state index is 5.89. The molecule has 0 spiro atoms. The summed E-state index contributed by atoms with van der Waals surface area (Å²) >= 11 is 0. The second kappa shape index (κ2) is 4.81. The van der Waals surface area contributed by atoms with E-state index < -0.39 is 0 Å². The van der Waals surface area contributed by atoms with Crippen LogP contribution in [0.3, 0.4) is 0 Å². The molecule has 106 valence electrons. The van der Waals surface area contributed by atoms with Crippen LogP contribution in [-0.2, 0) is 0 Å². The number of nitrogens with one attached hydrogen (secondary N) is 1. The third-order valence-electron chi connectivity index (χ3n) is 4.13. The van der Waals surface area contributed by atoms with Gasteiger partial charge in [0.15, 0.2) is 0 Å². The van der Waals surface area contributed by atoms with Gasteiger partial charge in [0.25, 0.3) is 0 Å². The molecule has 21 heavy (non-hydrogen) atoms. The third-order valence-corrected chi connectivity index (χ3v) is 4.13. The second-order valence-corrected chi connectivity index (χ2v) is 5.29. The van der Waals surface area contributed by atoms with Crippen LogP contribution in [0.1, 0.15) is 17.2 Å². The summed E-state index contributed by atoms with van der Waals surface area (Å²) in [7, 11) is 1.68. The van der Waals surface area contributed by atoms with Crippen LogP contribution in [0.25, 0.3) is 0 Å². The predicted octanol–water partition coefficient (Wildman–Crippen LogP) is 2.75. The Morgan fingerprint density at radius 3 is 2.76 bits per heavy atom. The van der Waals surface area contributed by atoms with E-state index in [1.165, 1.54) is 5.56 Å². The van der Waals surface area contributed by atoms with E-state index in [1.54, 1.807) is 7.11 Å². The van der Waals surface area contributed by atoms with Gasteiger partial charge in [-0.2, -0.15) is 5.10 Å². The first-order chi connectivity index (χ1) is 10.4. The molecule has 0 bridgehead atoms. The lowest BCUT2D eigenvalue weighted by Crippen LogP contribution is -2.31. The fourth-order valence-corrected chi connectivity index (χ4v) is 3.01. The van der Waals surface area contributed by atoms with E-state index in [0.717, 1.165) is 22.8 Å². The Bertz CT molecular complexity index is 694. The molecule has 1 N–H and O–H groups in total. The van der Waals surface area contributed by atoms with E-state index in [0.29, 0.717) is 6.61 Å². The minimum absolute atomic E-state index is 0.152. The van der Waals surface area contributed by atoms with Crippen LogP contribution < -0.4 is 14.9 Å². The lowest BCUT2D eigenvalue weighted by atomic mass is 9.86. The van der Waals surface area contributed by atoms with Crippen molar-refractivity contribution in [3.05, 3.63) is 59.7 Å². The molecule has 2 atom stereocenters. The summed E-state index contributed by atoms with van der Waals surface area (Å²) in [6, 6.07) is 16.3. The van der Waals surface area contributed by atoms with Crippen LogP contribution in [0, 0.1) is 5.92 Å². The molecule has 4 heteroatoms. The minimum Gasteiger partial charge on any atom is -0.497 e. The number of ether oxygens (including phenoxy) is 2. The van der Waals surface area contributed by atoms with Gasteiger partial charge in [0.2, 0.25) is 0 Å². The lowest BCUT2D eigenvalue weighted by molar-refractivity contribution is 0.254. The summed E-state index contributed by atoms with van der Waals surface area (Å²) in [6.45, 7) is 0.652. The number of fused-ring (bicyclic) bond motifs is 3. The van der Waals surface area contributed by atoms with Crippen LogP contribution in [0.5, 0.6) is 11.5 Å². The smallest absolute Gasteiger partial charge is 0.128 e. The number of methoxy groups -OCH3 is 1. The Hall–Kier alpha value is -2.49. The Balaban J connectivity index is 1.65. The van der Waals surface area contributed by atoms with Crippen molar-refractivity contribution < 1.29 is 9.47 Å². The van der Waals surface area contributed by atoms with E-state index in [4.69, 9.17) is 9.47 Å². The van der Waals surface area contributed by atoms with Crippen molar-refractivity contribution in [1.82, 2.24) is 5.43 Å². The van der Waals surface area contributed by atoms with Gasteiger partial charge in [0.05, 0.1) is 31.4 Å². The van der Waals surface area contributed by atoms with Gasteiger partial charge in [-0.1, -0.05) is 24.3 Å². The normalized spacial score (nSPS) is 22.4. The van der Waals surface area contributed by atoms with Crippen molar-refractivity contribution in [3.8, 4) is 11.5 Å². The third kappa shape index (κ3) is 1.95. The summed E-state index contributed by atoms with van der Waals surface area (Å²) in [5.41, 5.74) is 6.65. The first-order valence-corrected chi connectivity index (χ1v) is 7.06. The Morgan fingerprint density at radius 1 is 1.14 bits per heavy atom. The number of benzene rings is 2. The van der Waals surface area contributed by atoms with Crippen LogP contribution in [0.4, 0.5) is 0 Å². The molecular weight excluding hydrogens is 264 g/mol. The van der Waals surface area contributed by atoms with Gasteiger partial charge in [-0.3, -0.25) is 0 Å². The van der Waals surface area contributed by atoms with E-state index in [9.17, 15) is 0 Å². The quantitative estimate of drug-likeness (QED) is 0.920. The van der Waals surface area contributed by atoms with Crippen LogP contribution in [0.15, 0.2) is 53.6 Å². The van der Waals surface area contributed by atoms with Gasteiger partial charge < -0.3 is 14.9 Å². The van der Waals surface area contributed by atoms with Crippen LogP contribution in [-0.4, -0.2) is 19.4 Å². The first kappa shape index (κ1) is 12.3. The molecule has 0 radical (unpaired) electrons. The summed E-state index contributed by atoms with van der Waals surface area (Å²) in [6.07, 6.45) is 0. The van der Waals surface area contributed by atoms with E-state index >= 15 is 0 Å². The molecule has 0 saturated carbocycles. The largest absolute Gasteiger partial charge is 0.497 e. The number of nitrogens with zero attached hydrogens (tertiary/aromatic N) is 1. The number of hydrazone groups is 1.